The van der Waals surface area contributed by atoms with Gasteiger partial charge in [0.15, 0.2) is 0 Å². The summed E-state index contributed by atoms with van der Waals surface area (Å²) >= 11 is 0. The smallest absolute Gasteiger partial charge is 0.334 e. The lowest BCUT2D eigenvalue weighted by molar-refractivity contribution is -0.137. The Bertz CT molecular complexity index is 615. The number of hydrogen-bond acceptors (Lipinski definition) is 3. The molecule has 102 valence electrons. The van der Waals surface area contributed by atoms with Gasteiger partial charge in [-0.1, -0.05) is 48.5 Å². The van der Waals surface area contributed by atoms with Crippen molar-refractivity contribution in [3.8, 4) is 11.1 Å². The highest BCUT2D eigenvalue weighted by atomic mass is 16.5. The maximum Gasteiger partial charge on any atom is 0.334 e. The molecule has 0 bridgehead atoms. The van der Waals surface area contributed by atoms with Crippen LogP contribution in [0.3, 0.4) is 0 Å². The zero-order chi connectivity index (χ0) is 14.4. The van der Waals surface area contributed by atoms with Crippen LogP contribution in [0.1, 0.15) is 12.5 Å². The molecule has 2 aromatic rings. The second-order valence-electron chi connectivity index (χ2n) is 4.23. The molecule has 0 amide bonds. The third-order valence-corrected chi connectivity index (χ3v) is 2.81. The van der Waals surface area contributed by atoms with Crippen LogP contribution in [0, 0.1) is 0 Å². The van der Waals surface area contributed by atoms with Gasteiger partial charge in [0.2, 0.25) is 0 Å². The van der Waals surface area contributed by atoms with Gasteiger partial charge in [-0.15, -0.1) is 0 Å². The van der Waals surface area contributed by atoms with Crippen molar-refractivity contribution < 1.29 is 14.6 Å². The lowest BCUT2D eigenvalue weighted by Crippen LogP contribution is -2.00. The summed E-state index contributed by atoms with van der Waals surface area (Å²) in [5.74, 6) is -0.642. The second kappa shape index (κ2) is 6.57. The van der Waals surface area contributed by atoms with E-state index in [1.807, 2.05) is 48.5 Å². The summed E-state index contributed by atoms with van der Waals surface area (Å²) in [7, 11) is 0. The summed E-state index contributed by atoms with van der Waals surface area (Å²) in [4.78, 5) is 11.3. The molecular weight excluding hydrogens is 252 g/mol. The first-order valence-electron chi connectivity index (χ1n) is 6.44. The summed E-state index contributed by atoms with van der Waals surface area (Å²) in [6, 6.07) is 17.2. The van der Waals surface area contributed by atoms with E-state index >= 15 is 0 Å². The van der Waals surface area contributed by atoms with Crippen molar-refractivity contribution in [2.45, 2.75) is 6.92 Å². The second-order valence-corrected chi connectivity index (χ2v) is 4.23. The molecule has 0 heterocycles. The van der Waals surface area contributed by atoms with Gasteiger partial charge >= 0.3 is 5.97 Å². The van der Waals surface area contributed by atoms with Gasteiger partial charge in [-0.2, -0.15) is 0 Å². The number of aliphatic hydroxyl groups excluding tert-OH is 1. The molecule has 0 saturated heterocycles. The van der Waals surface area contributed by atoms with Crippen molar-refractivity contribution in [1.82, 2.24) is 0 Å². The predicted molar refractivity (Wildman–Crippen MR) is 79.1 cm³/mol. The molecule has 3 heteroatoms. The van der Waals surface area contributed by atoms with Gasteiger partial charge in [-0.25, -0.2) is 4.79 Å². The molecule has 0 fully saturated rings. The van der Waals surface area contributed by atoms with Crippen molar-refractivity contribution in [2.24, 2.45) is 0 Å². The van der Waals surface area contributed by atoms with Crippen molar-refractivity contribution in [3.63, 3.8) is 0 Å². The minimum atomic E-state index is -0.546. The molecule has 0 aromatic heterocycles. The zero-order valence-corrected chi connectivity index (χ0v) is 11.2. The zero-order valence-electron chi connectivity index (χ0n) is 11.2. The van der Waals surface area contributed by atoms with Crippen LogP contribution in [-0.4, -0.2) is 17.7 Å². The number of aliphatic hydroxyl groups is 1. The Labute approximate surface area is 118 Å². The van der Waals surface area contributed by atoms with Crippen molar-refractivity contribution in [2.75, 3.05) is 6.61 Å². The Morgan fingerprint density at radius 2 is 1.80 bits per heavy atom. The topological polar surface area (TPSA) is 46.5 Å². The molecule has 0 unspecified atom stereocenters. The molecule has 0 radical (unpaired) electrons. The van der Waals surface area contributed by atoms with Gasteiger partial charge < -0.3 is 9.84 Å². The summed E-state index contributed by atoms with van der Waals surface area (Å²) in [5, 5.41) is 9.95. The molecule has 20 heavy (non-hydrogen) atoms. The van der Waals surface area contributed by atoms with Crippen LogP contribution in [0.25, 0.3) is 16.9 Å². The number of hydrogen-bond donors (Lipinski definition) is 1. The first kappa shape index (κ1) is 13.9. The minimum absolute atomic E-state index is 0.0961. The fourth-order valence-corrected chi connectivity index (χ4v) is 1.87. The fourth-order valence-electron chi connectivity index (χ4n) is 1.87. The van der Waals surface area contributed by atoms with E-state index in [0.29, 0.717) is 5.56 Å². The van der Waals surface area contributed by atoms with Crippen molar-refractivity contribution in [3.05, 3.63) is 66.2 Å². The van der Waals surface area contributed by atoms with Crippen LogP contribution in [0.2, 0.25) is 0 Å². The lowest BCUT2D eigenvalue weighted by atomic mass is 10.0. The molecule has 2 rings (SSSR count). The molecule has 0 saturated carbocycles. The molecule has 2 aromatic carbocycles. The van der Waals surface area contributed by atoms with Crippen LogP contribution in [0.5, 0.6) is 0 Å². The number of ether oxygens (including phenoxy) is 1. The van der Waals surface area contributed by atoms with Gasteiger partial charge in [0, 0.05) is 5.56 Å². The van der Waals surface area contributed by atoms with Crippen LogP contribution in [-0.2, 0) is 9.53 Å². The van der Waals surface area contributed by atoms with Crippen LogP contribution in [0.15, 0.2) is 60.7 Å². The molecule has 3 nitrogen and oxygen atoms in total. The highest BCUT2D eigenvalue weighted by molar-refractivity contribution is 5.89. The fraction of sp³-hybridized carbons (Fsp3) is 0.118. The van der Waals surface area contributed by atoms with E-state index < -0.39 is 5.97 Å². The van der Waals surface area contributed by atoms with Gasteiger partial charge in [-0.3, -0.25) is 0 Å². The molecule has 0 spiro atoms. The van der Waals surface area contributed by atoms with E-state index in [1.165, 1.54) is 0 Å². The number of carbonyl (C=O) groups is 1. The predicted octanol–water partition coefficient (Wildman–Crippen LogP) is 3.82. The maximum atomic E-state index is 11.3. The Kier molecular flexibility index (Phi) is 4.56. The first-order chi connectivity index (χ1) is 9.70. The molecule has 0 aliphatic carbocycles. The lowest BCUT2D eigenvalue weighted by Gasteiger charge is -2.05. The van der Waals surface area contributed by atoms with E-state index in [4.69, 9.17) is 4.74 Å². The first-order valence-corrected chi connectivity index (χ1v) is 6.44. The number of carbonyl (C=O) groups excluding carboxylic acids is 1. The molecule has 0 atom stereocenters. The summed E-state index contributed by atoms with van der Waals surface area (Å²) in [5.41, 5.74) is 2.62. The highest BCUT2D eigenvalue weighted by Crippen LogP contribution is 2.22. The molecule has 1 N–H and O–H groups in total. The monoisotopic (exact) mass is 268 g/mol. The van der Waals surface area contributed by atoms with Crippen LogP contribution >= 0.6 is 0 Å². The normalized spacial score (nSPS) is 11.2. The van der Waals surface area contributed by atoms with Gasteiger partial charge in [0.1, 0.15) is 5.76 Å². The van der Waals surface area contributed by atoms with E-state index in [9.17, 15) is 9.90 Å². The Hall–Kier alpha value is -2.55. The average molecular weight is 268 g/mol. The maximum absolute atomic E-state index is 11.3. The Balaban J connectivity index is 2.28. The third kappa shape index (κ3) is 3.48. The van der Waals surface area contributed by atoms with E-state index in [-0.39, 0.29) is 12.4 Å². The average Bonchev–Trinajstić information content (AvgIpc) is 2.48. The number of benzene rings is 2. The molecule has 0 aliphatic heterocycles. The quantitative estimate of drug-likeness (QED) is 0.521. The van der Waals surface area contributed by atoms with Gasteiger partial charge in [0.05, 0.1) is 12.7 Å². The van der Waals surface area contributed by atoms with E-state index in [0.717, 1.165) is 17.2 Å². The van der Waals surface area contributed by atoms with Gasteiger partial charge in [0.25, 0.3) is 0 Å². The number of esters is 1. The standard InChI is InChI=1S/C17H16O3/c1-2-20-17(19)12-16(18)15-10-6-9-14(11-15)13-7-4-3-5-8-13/h3-12,18H,2H2,1H3. The summed E-state index contributed by atoms with van der Waals surface area (Å²) < 4.78 is 4.77. The summed E-state index contributed by atoms with van der Waals surface area (Å²) in [6.45, 7) is 2.01. The Morgan fingerprint density at radius 3 is 2.50 bits per heavy atom. The highest BCUT2D eigenvalue weighted by Gasteiger charge is 2.05. The van der Waals surface area contributed by atoms with E-state index in [1.54, 1.807) is 13.0 Å². The summed E-state index contributed by atoms with van der Waals surface area (Å²) in [6.07, 6.45) is 1.09. The van der Waals surface area contributed by atoms with Crippen molar-refractivity contribution in [1.29, 1.82) is 0 Å². The van der Waals surface area contributed by atoms with Crippen LogP contribution < -0.4 is 0 Å². The van der Waals surface area contributed by atoms with Crippen molar-refractivity contribution >= 4 is 11.7 Å². The van der Waals surface area contributed by atoms with Crippen LogP contribution in [0.4, 0.5) is 0 Å². The molecular formula is C17H16O3. The molecule has 0 aliphatic rings. The van der Waals surface area contributed by atoms with Gasteiger partial charge in [-0.05, 0) is 24.1 Å². The Morgan fingerprint density at radius 1 is 1.10 bits per heavy atom. The largest absolute Gasteiger partial charge is 0.507 e. The van der Waals surface area contributed by atoms with E-state index in [2.05, 4.69) is 0 Å². The number of rotatable bonds is 4. The third-order valence-electron chi connectivity index (χ3n) is 2.81. The minimum Gasteiger partial charge on any atom is -0.507 e. The SMILES string of the molecule is CCOC(=O)C=C(O)c1cccc(-c2ccccc2)c1.